The van der Waals surface area contributed by atoms with Crippen molar-refractivity contribution in [2.24, 2.45) is 0 Å². The molecule has 2 rings (SSSR count). The van der Waals surface area contributed by atoms with E-state index in [1.54, 1.807) is 30.3 Å². The van der Waals surface area contributed by atoms with Crippen LogP contribution in [0.1, 0.15) is 43.0 Å². The van der Waals surface area contributed by atoms with Crippen LogP contribution >= 0.6 is 0 Å². The largest absolute Gasteiger partial charge is 0.416 e. The van der Waals surface area contributed by atoms with Crippen LogP contribution in [0.15, 0.2) is 48.5 Å². The Labute approximate surface area is 196 Å². The number of hydrogen-bond acceptors (Lipinski definition) is 3. The molecule has 0 spiro atoms. The minimum Gasteiger partial charge on any atom is -0.403 e. The van der Waals surface area contributed by atoms with Gasteiger partial charge < -0.3 is 14.3 Å². The van der Waals surface area contributed by atoms with Gasteiger partial charge in [0.1, 0.15) is 5.60 Å². The van der Waals surface area contributed by atoms with Gasteiger partial charge in [-0.15, -0.1) is 0 Å². The normalized spacial score (nSPS) is 14.8. The Morgan fingerprint density at radius 2 is 1.26 bits per heavy atom. The molecule has 0 saturated carbocycles. The molecule has 1 atom stereocenters. The summed E-state index contributed by atoms with van der Waals surface area (Å²) < 4.78 is 91.3. The van der Waals surface area contributed by atoms with E-state index >= 15 is 0 Å². The van der Waals surface area contributed by atoms with Crippen LogP contribution in [0, 0.1) is 0 Å². The van der Waals surface area contributed by atoms with Gasteiger partial charge in [-0.3, -0.25) is 0 Å². The van der Waals surface area contributed by atoms with Crippen LogP contribution in [0.3, 0.4) is 0 Å². The Balaban J connectivity index is 2.38. The van der Waals surface area contributed by atoms with Gasteiger partial charge in [-0.1, -0.05) is 51.1 Å². The van der Waals surface area contributed by atoms with Crippen LogP contribution in [0.5, 0.6) is 0 Å². The maximum atomic E-state index is 13.2. The van der Waals surface area contributed by atoms with Gasteiger partial charge in [0.25, 0.3) is 0 Å². The van der Waals surface area contributed by atoms with E-state index in [1.165, 1.54) is 0 Å². The summed E-state index contributed by atoms with van der Waals surface area (Å²) >= 11 is 0. The zero-order chi connectivity index (χ0) is 25.6. The summed E-state index contributed by atoms with van der Waals surface area (Å²) in [6, 6.07) is 12.5. The maximum Gasteiger partial charge on any atom is 0.416 e. The molecule has 0 aromatic heterocycles. The summed E-state index contributed by atoms with van der Waals surface area (Å²) in [5.74, 6) is 0. The second-order valence-corrected chi connectivity index (χ2v) is 13.0. The molecule has 190 valence electrons. The van der Waals surface area contributed by atoms with Gasteiger partial charge in [-0.25, -0.2) is 0 Å². The van der Waals surface area contributed by atoms with E-state index in [4.69, 9.17) is 9.16 Å². The molecular weight excluding hydrogens is 478 g/mol. The molecule has 0 aliphatic rings. The van der Waals surface area contributed by atoms with E-state index in [0.717, 1.165) is 18.1 Å². The van der Waals surface area contributed by atoms with E-state index in [0.29, 0.717) is 17.7 Å². The van der Waals surface area contributed by atoms with Crippen molar-refractivity contribution in [1.29, 1.82) is 0 Å². The SMILES string of the molecule is CC[Si](CC)(CC)OC(CO)(COCc1cc(C(F)(F)F)cc(C(F)(F)F)c1)c1ccccc1. The van der Waals surface area contributed by atoms with Gasteiger partial charge in [0.05, 0.1) is 30.9 Å². The van der Waals surface area contributed by atoms with E-state index in [1.807, 2.05) is 20.8 Å². The molecule has 10 heteroatoms. The van der Waals surface area contributed by atoms with Crippen molar-refractivity contribution in [3.8, 4) is 0 Å². The van der Waals surface area contributed by atoms with Crippen LogP contribution in [0.25, 0.3) is 0 Å². The minimum atomic E-state index is -4.94. The fourth-order valence-electron chi connectivity index (χ4n) is 3.90. The number of rotatable bonds is 11. The molecular formula is C24H30F6O3Si. The predicted molar refractivity (Wildman–Crippen MR) is 120 cm³/mol. The lowest BCUT2D eigenvalue weighted by atomic mass is 9.96. The van der Waals surface area contributed by atoms with Crippen molar-refractivity contribution in [3.63, 3.8) is 0 Å². The first-order chi connectivity index (χ1) is 15.8. The maximum absolute atomic E-state index is 13.2. The number of benzene rings is 2. The van der Waals surface area contributed by atoms with Crippen molar-refractivity contribution in [3.05, 3.63) is 70.8 Å². The van der Waals surface area contributed by atoms with Crippen LogP contribution in [-0.2, 0) is 33.7 Å². The summed E-state index contributed by atoms with van der Waals surface area (Å²) in [6.45, 7) is 4.82. The fraction of sp³-hybridized carbons (Fsp3) is 0.500. The zero-order valence-corrected chi connectivity index (χ0v) is 20.4. The van der Waals surface area contributed by atoms with Gasteiger partial charge >= 0.3 is 12.4 Å². The molecule has 1 N–H and O–H groups in total. The molecule has 2 aromatic rings. The van der Waals surface area contributed by atoms with E-state index < -0.39 is 50.6 Å². The number of halogens is 6. The first-order valence-electron chi connectivity index (χ1n) is 11.1. The van der Waals surface area contributed by atoms with Gasteiger partial charge in [-0.05, 0) is 47.5 Å². The molecule has 34 heavy (non-hydrogen) atoms. The molecule has 1 unspecified atom stereocenters. The second kappa shape index (κ2) is 11.2. The highest BCUT2D eigenvalue weighted by Crippen LogP contribution is 2.38. The first-order valence-corrected chi connectivity index (χ1v) is 13.6. The Morgan fingerprint density at radius 3 is 1.68 bits per heavy atom. The average molecular weight is 509 g/mol. The minimum absolute atomic E-state index is 0.0816. The van der Waals surface area contributed by atoms with Crippen molar-refractivity contribution in [2.45, 2.75) is 63.5 Å². The highest BCUT2D eigenvalue weighted by atomic mass is 28.4. The third-order valence-electron chi connectivity index (χ3n) is 6.15. The molecule has 0 amide bonds. The molecule has 0 fully saturated rings. The first kappa shape index (κ1) is 28.4. The van der Waals surface area contributed by atoms with Crippen LogP contribution in [0.2, 0.25) is 18.1 Å². The van der Waals surface area contributed by atoms with Gasteiger partial charge in [-0.2, -0.15) is 26.3 Å². The van der Waals surface area contributed by atoms with E-state index in [2.05, 4.69) is 0 Å². The highest BCUT2D eigenvalue weighted by Gasteiger charge is 2.42. The number of aliphatic hydroxyl groups is 1. The molecule has 0 aliphatic carbocycles. The number of hydrogen-bond donors (Lipinski definition) is 1. The fourth-order valence-corrected chi connectivity index (χ4v) is 6.90. The van der Waals surface area contributed by atoms with Crippen molar-refractivity contribution in [2.75, 3.05) is 13.2 Å². The Morgan fingerprint density at radius 1 is 0.765 bits per heavy atom. The summed E-state index contributed by atoms with van der Waals surface area (Å²) in [6.07, 6.45) is -9.88. The summed E-state index contributed by atoms with van der Waals surface area (Å²) in [5, 5.41) is 10.4. The Bertz CT molecular complexity index is 873. The standard InChI is InChI=1S/C24H30F6O3Si/c1-4-34(5-2,6-3)33-22(16-31,19-10-8-7-9-11-19)17-32-15-18-12-20(23(25,26)27)14-21(13-18)24(28,29)30/h7-14,31H,4-6,15-17H2,1-3H3. The zero-order valence-electron chi connectivity index (χ0n) is 19.4. The average Bonchev–Trinajstić information content (AvgIpc) is 2.81. The van der Waals surface area contributed by atoms with Crippen molar-refractivity contribution >= 4 is 8.32 Å². The topological polar surface area (TPSA) is 38.7 Å². The lowest BCUT2D eigenvalue weighted by molar-refractivity contribution is -0.143. The molecule has 0 radical (unpaired) electrons. The molecule has 3 nitrogen and oxygen atoms in total. The van der Waals surface area contributed by atoms with Gasteiger partial charge in [0.15, 0.2) is 8.32 Å². The van der Waals surface area contributed by atoms with Crippen LogP contribution < -0.4 is 0 Å². The number of ether oxygens (including phenoxy) is 1. The van der Waals surface area contributed by atoms with Crippen molar-refractivity contribution in [1.82, 2.24) is 0 Å². The monoisotopic (exact) mass is 508 g/mol. The number of alkyl halides is 6. The predicted octanol–water partition coefficient (Wildman–Crippen LogP) is 7.15. The quantitative estimate of drug-likeness (QED) is 0.259. The lowest BCUT2D eigenvalue weighted by Crippen LogP contribution is -2.50. The molecule has 0 aliphatic heterocycles. The van der Waals surface area contributed by atoms with Gasteiger partial charge in [0, 0.05) is 0 Å². The van der Waals surface area contributed by atoms with Crippen LogP contribution in [-0.4, -0.2) is 26.6 Å². The van der Waals surface area contributed by atoms with E-state index in [9.17, 15) is 31.4 Å². The van der Waals surface area contributed by atoms with E-state index in [-0.39, 0.29) is 18.2 Å². The third kappa shape index (κ3) is 6.84. The van der Waals surface area contributed by atoms with Crippen molar-refractivity contribution < 1.29 is 40.6 Å². The second-order valence-electron chi connectivity index (χ2n) is 8.27. The van der Waals surface area contributed by atoms with Gasteiger partial charge in [0.2, 0.25) is 0 Å². The summed E-state index contributed by atoms with van der Waals surface area (Å²) in [4.78, 5) is 0. The Hall–Kier alpha value is -1.88. The lowest BCUT2D eigenvalue weighted by Gasteiger charge is -2.42. The summed E-state index contributed by atoms with van der Waals surface area (Å²) in [7, 11) is -2.29. The number of aliphatic hydroxyl groups excluding tert-OH is 1. The van der Waals surface area contributed by atoms with Crippen LogP contribution in [0.4, 0.5) is 26.3 Å². The molecule has 0 saturated heterocycles. The highest BCUT2D eigenvalue weighted by molar-refractivity contribution is 6.73. The third-order valence-corrected chi connectivity index (χ3v) is 10.8. The summed E-state index contributed by atoms with van der Waals surface area (Å²) in [5.41, 5.74) is -3.73. The Kier molecular flexibility index (Phi) is 9.37. The molecule has 0 heterocycles. The molecule has 0 bridgehead atoms. The smallest absolute Gasteiger partial charge is 0.403 e. The molecule has 2 aromatic carbocycles.